The van der Waals surface area contributed by atoms with Crippen molar-refractivity contribution >= 4 is 5.82 Å². The second kappa shape index (κ2) is 3.76. The van der Waals surface area contributed by atoms with Crippen LogP contribution in [-0.4, -0.2) is 19.6 Å². The number of hydrogen-bond donors (Lipinski definition) is 1. The van der Waals surface area contributed by atoms with Crippen molar-refractivity contribution < 1.29 is 0 Å². The number of nitrogen functional groups attached to an aromatic ring is 1. The molecule has 80 valence electrons. The van der Waals surface area contributed by atoms with E-state index < -0.39 is 0 Å². The van der Waals surface area contributed by atoms with Gasteiger partial charge in [-0.15, -0.1) is 0 Å². The van der Waals surface area contributed by atoms with Crippen molar-refractivity contribution in [2.45, 2.75) is 26.9 Å². The first-order valence-electron chi connectivity index (χ1n) is 5.00. The lowest BCUT2D eigenvalue weighted by atomic mass is 10.4. The van der Waals surface area contributed by atoms with Gasteiger partial charge in [-0.05, 0) is 19.4 Å². The molecular formula is C10H15N5. The standard InChI is InChI=1S/C10H15N5/c1-3-15-9(4-10(11)13-15)7-14-6-8(2)5-12-14/h4-6H,3,7H2,1-2H3,(H2,11,13). The Hall–Kier alpha value is -1.78. The van der Waals surface area contributed by atoms with Crippen LogP contribution in [0.2, 0.25) is 0 Å². The van der Waals surface area contributed by atoms with Gasteiger partial charge >= 0.3 is 0 Å². The van der Waals surface area contributed by atoms with Gasteiger partial charge in [0.1, 0.15) is 5.82 Å². The van der Waals surface area contributed by atoms with Crippen molar-refractivity contribution in [3.8, 4) is 0 Å². The Morgan fingerprint density at radius 2 is 2.27 bits per heavy atom. The van der Waals surface area contributed by atoms with Gasteiger partial charge in [0.15, 0.2) is 0 Å². The number of nitrogens with two attached hydrogens (primary N) is 1. The third-order valence-electron chi connectivity index (χ3n) is 2.27. The summed E-state index contributed by atoms with van der Waals surface area (Å²) in [7, 11) is 0. The normalized spacial score (nSPS) is 10.8. The molecule has 0 radical (unpaired) electrons. The maximum atomic E-state index is 5.65. The number of aromatic nitrogens is 4. The molecule has 0 unspecified atom stereocenters. The molecule has 15 heavy (non-hydrogen) atoms. The molecule has 0 amide bonds. The fraction of sp³-hybridized carbons (Fsp3) is 0.400. The van der Waals surface area contributed by atoms with E-state index in [0.29, 0.717) is 12.4 Å². The van der Waals surface area contributed by atoms with Gasteiger partial charge in [-0.25, -0.2) is 0 Å². The minimum absolute atomic E-state index is 0.565. The molecule has 2 N–H and O–H groups in total. The van der Waals surface area contributed by atoms with Crippen LogP contribution in [0.5, 0.6) is 0 Å². The quantitative estimate of drug-likeness (QED) is 0.814. The Labute approximate surface area is 88.5 Å². The third-order valence-corrected chi connectivity index (χ3v) is 2.27. The first-order chi connectivity index (χ1) is 7.19. The predicted octanol–water partition coefficient (Wildman–Crippen LogP) is 1.04. The highest BCUT2D eigenvalue weighted by molar-refractivity contribution is 5.29. The molecular weight excluding hydrogens is 190 g/mol. The molecule has 0 aliphatic heterocycles. The van der Waals surface area contributed by atoms with Gasteiger partial charge < -0.3 is 5.73 Å². The third kappa shape index (κ3) is 2.01. The average molecular weight is 205 g/mol. The lowest BCUT2D eigenvalue weighted by molar-refractivity contribution is 0.578. The molecule has 5 heteroatoms. The fourth-order valence-corrected chi connectivity index (χ4v) is 1.60. The number of rotatable bonds is 3. The van der Waals surface area contributed by atoms with Crippen molar-refractivity contribution in [2.24, 2.45) is 0 Å². The minimum Gasteiger partial charge on any atom is -0.382 e. The van der Waals surface area contributed by atoms with Crippen molar-refractivity contribution in [1.29, 1.82) is 0 Å². The maximum absolute atomic E-state index is 5.65. The van der Waals surface area contributed by atoms with Gasteiger partial charge in [-0.2, -0.15) is 10.2 Å². The van der Waals surface area contributed by atoms with Crippen LogP contribution >= 0.6 is 0 Å². The summed E-state index contributed by atoms with van der Waals surface area (Å²) >= 11 is 0. The van der Waals surface area contributed by atoms with Gasteiger partial charge in [-0.3, -0.25) is 9.36 Å². The van der Waals surface area contributed by atoms with E-state index in [1.54, 1.807) is 0 Å². The van der Waals surface area contributed by atoms with Gasteiger partial charge in [0.05, 0.1) is 18.4 Å². The first kappa shape index (κ1) is 9.76. The predicted molar refractivity (Wildman–Crippen MR) is 58.4 cm³/mol. The molecule has 0 saturated carbocycles. The topological polar surface area (TPSA) is 61.7 Å². The van der Waals surface area contributed by atoms with Gasteiger partial charge in [0.25, 0.3) is 0 Å². The van der Waals surface area contributed by atoms with Crippen LogP contribution in [0.15, 0.2) is 18.5 Å². The van der Waals surface area contributed by atoms with Crippen LogP contribution in [-0.2, 0) is 13.1 Å². The number of anilines is 1. The second-order valence-corrected chi connectivity index (χ2v) is 3.59. The van der Waals surface area contributed by atoms with Gasteiger partial charge in [0, 0.05) is 18.8 Å². The van der Waals surface area contributed by atoms with Gasteiger partial charge in [-0.1, -0.05) is 0 Å². The molecule has 2 aromatic heterocycles. The molecule has 0 aliphatic carbocycles. The number of hydrogen-bond acceptors (Lipinski definition) is 3. The molecule has 0 aromatic carbocycles. The van der Waals surface area contributed by atoms with Crippen LogP contribution in [0.3, 0.4) is 0 Å². The van der Waals surface area contributed by atoms with E-state index in [2.05, 4.69) is 10.2 Å². The Morgan fingerprint density at radius 1 is 1.47 bits per heavy atom. The molecule has 0 bridgehead atoms. The van der Waals surface area contributed by atoms with E-state index in [4.69, 9.17) is 5.73 Å². The van der Waals surface area contributed by atoms with Crippen LogP contribution in [0.1, 0.15) is 18.2 Å². The van der Waals surface area contributed by atoms with Crippen molar-refractivity contribution in [3.63, 3.8) is 0 Å². The summed E-state index contributed by atoms with van der Waals surface area (Å²) in [6, 6.07) is 1.89. The Bertz CT molecular complexity index is 454. The zero-order valence-corrected chi connectivity index (χ0v) is 9.01. The SMILES string of the molecule is CCn1nc(N)cc1Cn1cc(C)cn1. The lowest BCUT2D eigenvalue weighted by Crippen LogP contribution is -2.08. The van der Waals surface area contributed by atoms with E-state index in [1.807, 2.05) is 41.7 Å². The highest BCUT2D eigenvalue weighted by Gasteiger charge is 2.05. The van der Waals surface area contributed by atoms with Crippen LogP contribution in [0.25, 0.3) is 0 Å². The van der Waals surface area contributed by atoms with Crippen molar-refractivity contribution in [1.82, 2.24) is 19.6 Å². The van der Waals surface area contributed by atoms with E-state index in [1.165, 1.54) is 0 Å². The largest absolute Gasteiger partial charge is 0.382 e. The zero-order chi connectivity index (χ0) is 10.8. The average Bonchev–Trinajstić information content (AvgIpc) is 2.73. The van der Waals surface area contributed by atoms with Crippen LogP contribution in [0, 0.1) is 6.92 Å². The summed E-state index contributed by atoms with van der Waals surface area (Å²) in [5, 5.41) is 8.42. The summed E-state index contributed by atoms with van der Waals surface area (Å²) in [5.41, 5.74) is 7.89. The Morgan fingerprint density at radius 3 is 2.87 bits per heavy atom. The summed E-state index contributed by atoms with van der Waals surface area (Å²) in [4.78, 5) is 0. The molecule has 5 nitrogen and oxygen atoms in total. The summed E-state index contributed by atoms with van der Waals surface area (Å²) in [5.74, 6) is 0.565. The molecule has 2 heterocycles. The molecule has 2 rings (SSSR count). The molecule has 0 aliphatic rings. The van der Waals surface area contributed by atoms with Crippen LogP contribution < -0.4 is 5.73 Å². The molecule has 0 atom stereocenters. The Kier molecular flexibility index (Phi) is 2.45. The van der Waals surface area contributed by atoms with Crippen molar-refractivity contribution in [2.75, 3.05) is 5.73 Å². The zero-order valence-electron chi connectivity index (χ0n) is 9.01. The van der Waals surface area contributed by atoms with E-state index >= 15 is 0 Å². The minimum atomic E-state index is 0.565. The second-order valence-electron chi connectivity index (χ2n) is 3.59. The van der Waals surface area contributed by atoms with E-state index in [0.717, 1.165) is 17.8 Å². The monoisotopic (exact) mass is 205 g/mol. The van der Waals surface area contributed by atoms with Crippen molar-refractivity contribution in [3.05, 3.63) is 29.7 Å². The highest BCUT2D eigenvalue weighted by Crippen LogP contribution is 2.08. The van der Waals surface area contributed by atoms with E-state index in [9.17, 15) is 0 Å². The summed E-state index contributed by atoms with van der Waals surface area (Å²) in [6.07, 6.45) is 3.85. The molecule has 0 fully saturated rings. The summed E-state index contributed by atoms with van der Waals surface area (Å²) in [6.45, 7) is 5.61. The summed E-state index contributed by atoms with van der Waals surface area (Å²) < 4.78 is 3.78. The lowest BCUT2D eigenvalue weighted by Gasteiger charge is -2.03. The maximum Gasteiger partial charge on any atom is 0.145 e. The highest BCUT2D eigenvalue weighted by atomic mass is 15.3. The molecule has 0 spiro atoms. The van der Waals surface area contributed by atoms with E-state index in [-0.39, 0.29) is 0 Å². The smallest absolute Gasteiger partial charge is 0.145 e. The van der Waals surface area contributed by atoms with Gasteiger partial charge in [0.2, 0.25) is 0 Å². The number of aryl methyl sites for hydroxylation is 2. The Balaban J connectivity index is 2.23. The fourth-order valence-electron chi connectivity index (χ4n) is 1.60. The molecule has 0 saturated heterocycles. The first-order valence-corrected chi connectivity index (χ1v) is 5.00. The molecule has 2 aromatic rings. The number of nitrogens with zero attached hydrogens (tertiary/aromatic N) is 4. The van der Waals surface area contributed by atoms with Crippen LogP contribution in [0.4, 0.5) is 5.82 Å².